The predicted octanol–water partition coefficient (Wildman–Crippen LogP) is 4.19. The lowest BCUT2D eigenvalue weighted by molar-refractivity contribution is -0.137. The number of nitrogens with zero attached hydrogens (tertiary/aromatic N) is 2. The third-order valence-electron chi connectivity index (χ3n) is 2.73. The second-order valence-corrected chi connectivity index (χ2v) is 4.19. The Morgan fingerprint density at radius 2 is 1.62 bits per heavy atom. The van der Waals surface area contributed by atoms with E-state index in [4.69, 9.17) is 10.5 Å². The molecule has 0 spiro atoms. The van der Waals surface area contributed by atoms with Gasteiger partial charge in [0, 0.05) is 11.4 Å². The fourth-order valence-corrected chi connectivity index (χ4v) is 1.79. The molecule has 0 unspecified atom stereocenters. The molecule has 0 radical (unpaired) electrons. The summed E-state index contributed by atoms with van der Waals surface area (Å²) < 4.78 is 38.6. The Labute approximate surface area is 118 Å². The predicted molar refractivity (Wildman–Crippen MR) is 70.6 cm³/mol. The summed E-state index contributed by atoms with van der Waals surface area (Å²) in [5.41, 5.74) is -0.349. The molecule has 0 amide bonds. The number of benzene rings is 2. The van der Waals surface area contributed by atoms with Gasteiger partial charge in [-0.05, 0) is 36.4 Å². The molecule has 0 fully saturated rings. The molecule has 104 valence electrons. The highest BCUT2D eigenvalue weighted by atomic mass is 19.4. The van der Waals surface area contributed by atoms with Crippen LogP contribution in [0, 0.1) is 22.7 Å². The molecule has 2 aromatic carbocycles. The van der Waals surface area contributed by atoms with Crippen LogP contribution in [-0.2, 0) is 6.18 Å². The molecule has 1 N–H and O–H groups in total. The number of hydrogen-bond acceptors (Lipinski definition) is 3. The van der Waals surface area contributed by atoms with E-state index in [1.807, 2.05) is 6.07 Å². The number of nitrogens with one attached hydrogen (secondary N) is 1. The van der Waals surface area contributed by atoms with Crippen molar-refractivity contribution in [2.45, 2.75) is 6.18 Å². The van der Waals surface area contributed by atoms with E-state index in [1.165, 1.54) is 18.2 Å². The summed E-state index contributed by atoms with van der Waals surface area (Å²) in [5, 5.41) is 20.3. The summed E-state index contributed by atoms with van der Waals surface area (Å²) in [7, 11) is 0. The Bertz CT molecular complexity index is 752. The first-order valence-electron chi connectivity index (χ1n) is 5.82. The van der Waals surface area contributed by atoms with Crippen LogP contribution in [0.25, 0.3) is 0 Å². The van der Waals surface area contributed by atoms with E-state index in [1.54, 1.807) is 18.2 Å². The third kappa shape index (κ3) is 3.31. The second kappa shape index (κ2) is 5.56. The largest absolute Gasteiger partial charge is 0.417 e. The minimum atomic E-state index is -4.60. The van der Waals surface area contributed by atoms with Crippen molar-refractivity contribution in [1.29, 1.82) is 10.5 Å². The monoisotopic (exact) mass is 287 g/mol. The first kappa shape index (κ1) is 14.4. The van der Waals surface area contributed by atoms with Gasteiger partial charge in [0.2, 0.25) is 0 Å². The van der Waals surface area contributed by atoms with Gasteiger partial charge in [0.05, 0.1) is 28.8 Å². The normalized spacial score (nSPS) is 10.5. The summed E-state index contributed by atoms with van der Waals surface area (Å²) in [6.45, 7) is 0. The molecule has 0 saturated heterocycles. The molecule has 0 aliphatic rings. The number of rotatable bonds is 2. The summed E-state index contributed by atoms with van der Waals surface area (Å²) in [6.07, 6.45) is -4.60. The molecule has 2 aromatic rings. The van der Waals surface area contributed by atoms with Crippen LogP contribution < -0.4 is 5.32 Å². The van der Waals surface area contributed by atoms with Crippen LogP contribution >= 0.6 is 0 Å². The van der Waals surface area contributed by atoms with Crippen LogP contribution in [0.4, 0.5) is 24.5 Å². The zero-order valence-electron chi connectivity index (χ0n) is 10.6. The van der Waals surface area contributed by atoms with Gasteiger partial charge in [-0.25, -0.2) is 0 Å². The maximum absolute atomic E-state index is 12.9. The van der Waals surface area contributed by atoms with Gasteiger partial charge in [-0.2, -0.15) is 23.7 Å². The Hall–Kier alpha value is -2.99. The first-order valence-corrected chi connectivity index (χ1v) is 5.82. The van der Waals surface area contributed by atoms with Gasteiger partial charge in [-0.3, -0.25) is 0 Å². The Kier molecular flexibility index (Phi) is 3.82. The molecular weight excluding hydrogens is 279 g/mol. The lowest BCUT2D eigenvalue weighted by Gasteiger charge is -2.12. The molecule has 21 heavy (non-hydrogen) atoms. The van der Waals surface area contributed by atoms with Crippen molar-refractivity contribution < 1.29 is 13.2 Å². The zero-order chi connectivity index (χ0) is 15.5. The minimum Gasteiger partial charge on any atom is -0.355 e. The van der Waals surface area contributed by atoms with E-state index in [2.05, 4.69) is 5.32 Å². The van der Waals surface area contributed by atoms with Crippen LogP contribution in [0.2, 0.25) is 0 Å². The van der Waals surface area contributed by atoms with Gasteiger partial charge in [0.1, 0.15) is 0 Å². The molecular formula is C15H8F3N3. The highest BCUT2D eigenvalue weighted by Crippen LogP contribution is 2.34. The first-order chi connectivity index (χ1) is 9.94. The van der Waals surface area contributed by atoms with Crippen molar-refractivity contribution >= 4 is 11.4 Å². The summed E-state index contributed by atoms with van der Waals surface area (Å²) in [4.78, 5) is 0. The van der Waals surface area contributed by atoms with Crippen molar-refractivity contribution in [2.75, 3.05) is 5.32 Å². The van der Waals surface area contributed by atoms with E-state index in [0.29, 0.717) is 11.3 Å². The van der Waals surface area contributed by atoms with Gasteiger partial charge < -0.3 is 5.32 Å². The molecule has 0 aromatic heterocycles. The average Bonchev–Trinajstić information content (AvgIpc) is 2.46. The lowest BCUT2D eigenvalue weighted by atomic mass is 10.1. The Morgan fingerprint density at radius 3 is 2.24 bits per heavy atom. The SMILES string of the molecule is N#Cc1cccc(Nc2ccc(C#N)c(C(F)(F)F)c2)c1. The van der Waals surface area contributed by atoms with Gasteiger partial charge in [0.15, 0.2) is 0 Å². The molecule has 3 nitrogen and oxygen atoms in total. The van der Waals surface area contributed by atoms with E-state index >= 15 is 0 Å². The lowest BCUT2D eigenvalue weighted by Crippen LogP contribution is -2.08. The van der Waals surface area contributed by atoms with Gasteiger partial charge in [0.25, 0.3) is 0 Å². The van der Waals surface area contributed by atoms with Gasteiger partial charge in [-0.1, -0.05) is 6.07 Å². The van der Waals surface area contributed by atoms with Crippen molar-refractivity contribution in [2.24, 2.45) is 0 Å². The van der Waals surface area contributed by atoms with Crippen LogP contribution in [0.15, 0.2) is 42.5 Å². The topological polar surface area (TPSA) is 59.6 Å². The summed E-state index contributed by atoms with van der Waals surface area (Å²) in [5.74, 6) is 0. The van der Waals surface area contributed by atoms with Gasteiger partial charge in [-0.15, -0.1) is 0 Å². The molecule has 2 rings (SSSR count). The Balaban J connectivity index is 2.38. The standard InChI is InChI=1S/C15H8F3N3/c16-15(17,18)14-7-13(5-4-11(14)9-20)21-12-3-1-2-10(6-12)8-19/h1-7,21H. The van der Waals surface area contributed by atoms with Crippen LogP contribution in [0.5, 0.6) is 0 Å². The van der Waals surface area contributed by atoms with E-state index in [9.17, 15) is 13.2 Å². The second-order valence-electron chi connectivity index (χ2n) is 4.19. The summed E-state index contributed by atoms with van der Waals surface area (Å²) >= 11 is 0. The molecule has 0 aliphatic carbocycles. The van der Waals surface area contributed by atoms with Crippen molar-refractivity contribution in [3.8, 4) is 12.1 Å². The number of hydrogen-bond donors (Lipinski definition) is 1. The van der Waals surface area contributed by atoms with Crippen LogP contribution in [-0.4, -0.2) is 0 Å². The van der Waals surface area contributed by atoms with E-state index < -0.39 is 17.3 Å². The molecule has 6 heteroatoms. The maximum Gasteiger partial charge on any atom is 0.417 e. The maximum atomic E-state index is 12.9. The molecule has 0 bridgehead atoms. The Morgan fingerprint density at radius 1 is 0.905 bits per heavy atom. The number of nitriles is 2. The number of halogens is 3. The van der Waals surface area contributed by atoms with Crippen molar-refractivity contribution in [1.82, 2.24) is 0 Å². The number of alkyl halides is 3. The van der Waals surface area contributed by atoms with Gasteiger partial charge >= 0.3 is 6.18 Å². The van der Waals surface area contributed by atoms with Crippen LogP contribution in [0.3, 0.4) is 0 Å². The quantitative estimate of drug-likeness (QED) is 0.900. The van der Waals surface area contributed by atoms with Crippen LogP contribution in [0.1, 0.15) is 16.7 Å². The zero-order valence-corrected chi connectivity index (χ0v) is 10.6. The number of anilines is 2. The van der Waals surface area contributed by atoms with Crippen molar-refractivity contribution in [3.63, 3.8) is 0 Å². The van der Waals surface area contributed by atoms with E-state index in [0.717, 1.165) is 12.1 Å². The van der Waals surface area contributed by atoms with E-state index in [-0.39, 0.29) is 5.69 Å². The van der Waals surface area contributed by atoms with Crippen molar-refractivity contribution in [3.05, 3.63) is 59.2 Å². The molecule has 0 saturated carbocycles. The molecule has 0 aliphatic heterocycles. The summed E-state index contributed by atoms with van der Waals surface area (Å²) in [6, 6.07) is 13.2. The minimum absolute atomic E-state index is 0.191. The smallest absolute Gasteiger partial charge is 0.355 e. The molecule has 0 atom stereocenters. The fourth-order valence-electron chi connectivity index (χ4n) is 1.79. The fraction of sp³-hybridized carbons (Fsp3) is 0.0667. The highest BCUT2D eigenvalue weighted by molar-refractivity contribution is 5.63. The average molecular weight is 287 g/mol. The molecule has 0 heterocycles. The highest BCUT2D eigenvalue weighted by Gasteiger charge is 2.33. The third-order valence-corrected chi connectivity index (χ3v) is 2.73.